The molecule has 0 spiro atoms. The molecule has 6 rings (SSSR count). The highest BCUT2D eigenvalue weighted by molar-refractivity contribution is 7.07. The summed E-state index contributed by atoms with van der Waals surface area (Å²) in [5, 5.41) is 14.3. The first-order valence-electron chi connectivity index (χ1n) is 14.1. The number of aromatic hydroxyl groups is 1. The molecule has 1 aliphatic rings. The molecular formula is C35H27Cl2N3O5S. The molecule has 5 aromatic rings. The number of carbonyl (C=O) groups excluding carboxylic acids is 1. The number of amides is 1. The topological polar surface area (TPSA) is 102 Å². The van der Waals surface area contributed by atoms with Crippen molar-refractivity contribution in [2.45, 2.75) is 19.6 Å². The summed E-state index contributed by atoms with van der Waals surface area (Å²) < 4.78 is 13.3. The number of nitrogens with one attached hydrogen (secondary N) is 1. The number of aromatic nitrogens is 1. The predicted molar refractivity (Wildman–Crippen MR) is 181 cm³/mol. The Morgan fingerprint density at radius 1 is 1.00 bits per heavy atom. The smallest absolute Gasteiger partial charge is 0.271 e. The largest absolute Gasteiger partial charge is 0.504 e. The van der Waals surface area contributed by atoms with E-state index in [0.717, 1.165) is 5.56 Å². The second kappa shape index (κ2) is 13.3. The van der Waals surface area contributed by atoms with Gasteiger partial charge in [0.05, 0.1) is 29.0 Å². The maximum atomic E-state index is 14.2. The molecule has 0 bridgehead atoms. The summed E-state index contributed by atoms with van der Waals surface area (Å²) in [5.41, 5.74) is 3.01. The van der Waals surface area contributed by atoms with Crippen molar-refractivity contribution in [3.63, 3.8) is 0 Å². The van der Waals surface area contributed by atoms with Crippen molar-refractivity contribution < 1.29 is 19.4 Å². The number of rotatable bonds is 8. The number of phenols is 1. The van der Waals surface area contributed by atoms with Crippen LogP contribution in [0.2, 0.25) is 10.0 Å². The molecule has 232 valence electrons. The number of thiazole rings is 1. The van der Waals surface area contributed by atoms with Crippen molar-refractivity contribution >= 4 is 52.2 Å². The van der Waals surface area contributed by atoms with Gasteiger partial charge in [0, 0.05) is 21.3 Å². The van der Waals surface area contributed by atoms with Crippen molar-refractivity contribution in [1.29, 1.82) is 0 Å². The zero-order valence-corrected chi connectivity index (χ0v) is 27.0. The normalized spacial score (nSPS) is 14.4. The van der Waals surface area contributed by atoms with Gasteiger partial charge in [-0.3, -0.25) is 14.2 Å². The van der Waals surface area contributed by atoms with E-state index in [9.17, 15) is 14.7 Å². The number of methoxy groups -OCH3 is 1. The number of hydrogen-bond acceptors (Lipinski definition) is 7. The van der Waals surface area contributed by atoms with Gasteiger partial charge in [-0.05, 0) is 78.7 Å². The molecule has 0 saturated carbocycles. The maximum absolute atomic E-state index is 14.2. The van der Waals surface area contributed by atoms with Crippen LogP contribution in [-0.2, 0) is 11.4 Å². The third kappa shape index (κ3) is 6.44. The minimum atomic E-state index is -0.866. The summed E-state index contributed by atoms with van der Waals surface area (Å²) in [6, 6.07) is 25.5. The summed E-state index contributed by atoms with van der Waals surface area (Å²) >= 11 is 13.7. The number of nitrogens with zero attached hydrogens (tertiary/aromatic N) is 2. The molecule has 0 aliphatic carbocycles. The van der Waals surface area contributed by atoms with Crippen molar-refractivity contribution in [3.8, 4) is 17.2 Å². The molecule has 0 saturated heterocycles. The number of halogens is 2. The molecule has 2 N–H and O–H groups in total. The third-order valence-corrected chi connectivity index (χ3v) is 8.81. The maximum Gasteiger partial charge on any atom is 0.271 e. The molecule has 2 heterocycles. The molecule has 0 fully saturated rings. The van der Waals surface area contributed by atoms with Gasteiger partial charge in [-0.25, -0.2) is 4.99 Å². The third-order valence-electron chi connectivity index (χ3n) is 7.36. The Labute approximate surface area is 278 Å². The van der Waals surface area contributed by atoms with Crippen molar-refractivity contribution in [1.82, 2.24) is 4.57 Å². The fraction of sp³-hybridized carbons (Fsp3) is 0.114. The van der Waals surface area contributed by atoms with Crippen molar-refractivity contribution in [3.05, 3.63) is 149 Å². The van der Waals surface area contributed by atoms with Gasteiger partial charge in [0.2, 0.25) is 0 Å². The zero-order valence-electron chi connectivity index (χ0n) is 24.7. The van der Waals surface area contributed by atoms with Gasteiger partial charge in [-0.2, -0.15) is 0 Å². The predicted octanol–water partition coefficient (Wildman–Crippen LogP) is 6.47. The number of allylic oxidation sites excluding steroid dienone is 1. The number of anilines is 1. The highest BCUT2D eigenvalue weighted by Gasteiger charge is 2.33. The minimum absolute atomic E-state index is 0.0686. The monoisotopic (exact) mass is 671 g/mol. The standard InChI is InChI=1S/C35H27Cl2N3O5S/c1-20-31(33(42)39-26-9-4-3-5-10-26)32(22-11-13-27(41)29(17-22)44-2)40-34(43)30(46-35(40)38-20)18-23-16-25(37)12-14-28(23)45-19-21-7-6-8-24(36)15-21/h3-18,32,41H,19H2,1-2H3,(H,39,42)/b30-18-/t32-/m0/s1. The molecule has 11 heteroatoms. The first-order valence-corrected chi connectivity index (χ1v) is 15.7. The van der Waals surface area contributed by atoms with E-state index in [4.69, 9.17) is 37.7 Å². The molecule has 1 aromatic heterocycles. The number of para-hydroxylation sites is 1. The lowest BCUT2D eigenvalue weighted by Gasteiger charge is -2.25. The molecule has 1 aliphatic heterocycles. The van der Waals surface area contributed by atoms with E-state index in [1.54, 1.807) is 61.5 Å². The minimum Gasteiger partial charge on any atom is -0.504 e. The number of fused-ring (bicyclic) bond motifs is 1. The number of benzene rings is 4. The van der Waals surface area contributed by atoms with Gasteiger partial charge < -0.3 is 19.9 Å². The summed E-state index contributed by atoms with van der Waals surface area (Å²) in [6.45, 7) is 1.99. The number of phenolic OH excluding ortho intramolecular Hbond substituents is 1. The molecule has 0 radical (unpaired) electrons. The van der Waals surface area contributed by atoms with E-state index in [0.29, 0.717) is 47.6 Å². The summed E-state index contributed by atoms with van der Waals surface area (Å²) in [4.78, 5) is 33.2. The Kier molecular flexibility index (Phi) is 8.99. The molecule has 1 atom stereocenters. The molecule has 4 aromatic carbocycles. The van der Waals surface area contributed by atoms with Crippen LogP contribution in [0.4, 0.5) is 5.69 Å². The van der Waals surface area contributed by atoms with E-state index >= 15 is 0 Å². The molecule has 8 nitrogen and oxygen atoms in total. The van der Waals surface area contributed by atoms with Gasteiger partial charge in [0.15, 0.2) is 16.3 Å². The Morgan fingerprint density at radius 3 is 2.54 bits per heavy atom. The van der Waals surface area contributed by atoms with Gasteiger partial charge in [0.1, 0.15) is 12.4 Å². The second-order valence-corrected chi connectivity index (χ2v) is 12.3. The quantitative estimate of drug-likeness (QED) is 0.197. The van der Waals surface area contributed by atoms with Crippen LogP contribution < -0.4 is 29.7 Å². The fourth-order valence-corrected chi connectivity index (χ4v) is 6.63. The number of carbonyl (C=O) groups is 1. The second-order valence-electron chi connectivity index (χ2n) is 10.4. The summed E-state index contributed by atoms with van der Waals surface area (Å²) in [7, 11) is 1.44. The van der Waals surface area contributed by atoms with E-state index in [1.165, 1.54) is 29.1 Å². The highest BCUT2D eigenvalue weighted by Crippen LogP contribution is 2.35. The number of hydrogen-bond donors (Lipinski definition) is 2. The molecular weight excluding hydrogens is 645 g/mol. The number of ether oxygens (including phenoxy) is 2. The van der Waals surface area contributed by atoms with Crippen LogP contribution in [0.3, 0.4) is 0 Å². The SMILES string of the molecule is COc1cc([C@H]2C(C(=O)Nc3ccccc3)=C(C)N=c3s/c(=C\c4cc(Cl)ccc4OCc4cccc(Cl)c4)c(=O)n32)ccc1O. The van der Waals surface area contributed by atoms with E-state index < -0.39 is 11.9 Å². The summed E-state index contributed by atoms with van der Waals surface area (Å²) in [6.07, 6.45) is 1.71. The van der Waals surface area contributed by atoms with Gasteiger partial charge in [-0.1, -0.05) is 70.9 Å². The molecule has 46 heavy (non-hydrogen) atoms. The summed E-state index contributed by atoms with van der Waals surface area (Å²) in [5.74, 6) is 0.248. The Balaban J connectivity index is 1.46. The first kappa shape index (κ1) is 31.2. The highest BCUT2D eigenvalue weighted by atomic mass is 35.5. The van der Waals surface area contributed by atoms with Gasteiger partial charge in [-0.15, -0.1) is 0 Å². The Hall–Kier alpha value is -4.83. The first-order chi connectivity index (χ1) is 22.2. The van der Waals surface area contributed by atoms with E-state index in [-0.39, 0.29) is 29.2 Å². The van der Waals surface area contributed by atoms with Crippen LogP contribution in [0.1, 0.15) is 29.7 Å². The molecule has 1 amide bonds. The van der Waals surface area contributed by atoms with Crippen molar-refractivity contribution in [2.75, 3.05) is 12.4 Å². The van der Waals surface area contributed by atoms with Crippen LogP contribution >= 0.6 is 34.5 Å². The van der Waals surface area contributed by atoms with Crippen LogP contribution in [0.25, 0.3) is 6.08 Å². The fourth-order valence-electron chi connectivity index (χ4n) is 5.20. The van der Waals surface area contributed by atoms with E-state index in [1.807, 2.05) is 36.4 Å². The van der Waals surface area contributed by atoms with E-state index in [2.05, 4.69) is 5.32 Å². The average Bonchev–Trinajstić information content (AvgIpc) is 3.34. The van der Waals surface area contributed by atoms with Crippen LogP contribution in [0, 0.1) is 0 Å². The lowest BCUT2D eigenvalue weighted by Crippen LogP contribution is -2.40. The van der Waals surface area contributed by atoms with Crippen LogP contribution in [-0.4, -0.2) is 22.7 Å². The van der Waals surface area contributed by atoms with Crippen LogP contribution in [0.5, 0.6) is 17.2 Å². The van der Waals surface area contributed by atoms with Crippen LogP contribution in [0.15, 0.2) is 112 Å². The van der Waals surface area contributed by atoms with Gasteiger partial charge in [0.25, 0.3) is 11.5 Å². The van der Waals surface area contributed by atoms with Crippen molar-refractivity contribution in [2.24, 2.45) is 4.99 Å². The molecule has 0 unspecified atom stereocenters. The Morgan fingerprint density at radius 2 is 1.78 bits per heavy atom. The van der Waals surface area contributed by atoms with Gasteiger partial charge >= 0.3 is 0 Å². The lowest BCUT2D eigenvalue weighted by atomic mass is 9.94. The zero-order chi connectivity index (χ0) is 32.4. The Bertz CT molecular complexity index is 2180. The lowest BCUT2D eigenvalue weighted by molar-refractivity contribution is -0.113. The average molecular weight is 673 g/mol.